The lowest BCUT2D eigenvalue weighted by atomic mass is 10.0. The fourth-order valence-corrected chi connectivity index (χ4v) is 1.44. The quantitative estimate of drug-likeness (QED) is 0.494. The summed E-state index contributed by atoms with van der Waals surface area (Å²) in [5.41, 5.74) is 9.31. The first-order chi connectivity index (χ1) is 8.04. The maximum atomic E-state index is 11.6. The van der Waals surface area contributed by atoms with Gasteiger partial charge in [0.05, 0.1) is 12.2 Å². The number of esters is 1. The summed E-state index contributed by atoms with van der Waals surface area (Å²) in [6.45, 7) is 6.24. The van der Waals surface area contributed by atoms with Crippen LogP contribution >= 0.6 is 0 Å². The first-order valence-corrected chi connectivity index (χ1v) is 5.73. The van der Waals surface area contributed by atoms with Gasteiger partial charge in [0.2, 0.25) is 0 Å². The molecule has 0 aliphatic rings. The first kappa shape index (κ1) is 13.3. The topological polar surface area (TPSA) is 52.3 Å². The molecule has 0 spiro atoms. The highest BCUT2D eigenvalue weighted by molar-refractivity contribution is 5.90. The summed E-state index contributed by atoms with van der Waals surface area (Å²) in [5, 5.41) is 0. The van der Waals surface area contributed by atoms with Crippen molar-refractivity contribution in [1.29, 1.82) is 0 Å². The number of hydrogen-bond donors (Lipinski definition) is 1. The Hall–Kier alpha value is -1.77. The Morgan fingerprint density at radius 2 is 2.12 bits per heavy atom. The van der Waals surface area contributed by atoms with Crippen molar-refractivity contribution >= 4 is 11.7 Å². The summed E-state index contributed by atoms with van der Waals surface area (Å²) < 4.78 is 4.95. The lowest BCUT2D eigenvalue weighted by Gasteiger charge is -2.07. The van der Waals surface area contributed by atoms with Crippen LogP contribution in [0.15, 0.2) is 29.8 Å². The summed E-state index contributed by atoms with van der Waals surface area (Å²) in [4.78, 5) is 11.6. The molecule has 0 fully saturated rings. The van der Waals surface area contributed by atoms with Gasteiger partial charge in [-0.05, 0) is 51.0 Å². The van der Waals surface area contributed by atoms with Crippen molar-refractivity contribution in [2.75, 3.05) is 12.3 Å². The van der Waals surface area contributed by atoms with Crippen molar-refractivity contribution in [3.63, 3.8) is 0 Å². The molecule has 1 rings (SSSR count). The van der Waals surface area contributed by atoms with E-state index in [0.717, 1.165) is 12.0 Å². The molecule has 92 valence electrons. The van der Waals surface area contributed by atoms with Gasteiger partial charge in [-0.25, -0.2) is 4.79 Å². The molecule has 0 unspecified atom stereocenters. The number of allylic oxidation sites excluding steroid dienone is 2. The zero-order chi connectivity index (χ0) is 12.8. The minimum Gasteiger partial charge on any atom is -0.462 e. The van der Waals surface area contributed by atoms with Crippen LogP contribution in [0.5, 0.6) is 0 Å². The van der Waals surface area contributed by atoms with Crippen LogP contribution in [0.3, 0.4) is 0 Å². The third kappa shape index (κ3) is 3.94. The molecule has 0 amide bonds. The number of rotatable bonds is 4. The summed E-state index contributed by atoms with van der Waals surface area (Å²) >= 11 is 0. The molecule has 17 heavy (non-hydrogen) atoms. The average Bonchev–Trinajstić information content (AvgIpc) is 2.28. The summed E-state index contributed by atoms with van der Waals surface area (Å²) in [6.07, 6.45) is 2.82. The molecule has 0 aliphatic heterocycles. The number of anilines is 1. The van der Waals surface area contributed by atoms with Crippen LogP contribution in [0, 0.1) is 0 Å². The van der Waals surface area contributed by atoms with E-state index >= 15 is 0 Å². The van der Waals surface area contributed by atoms with Crippen LogP contribution in [0.1, 0.15) is 36.7 Å². The molecule has 0 heterocycles. The average molecular weight is 233 g/mol. The standard InChI is InChI=1S/C14H19NO2/c1-4-17-14(16)12-7-8-13(15)11(9-12)6-5-10(2)3/h5,7-9H,4,6,15H2,1-3H3. The van der Waals surface area contributed by atoms with E-state index in [2.05, 4.69) is 6.08 Å². The molecule has 0 saturated carbocycles. The summed E-state index contributed by atoms with van der Waals surface area (Å²) in [5.74, 6) is -0.300. The Morgan fingerprint density at radius 3 is 2.71 bits per heavy atom. The van der Waals surface area contributed by atoms with E-state index in [1.165, 1.54) is 5.57 Å². The molecular weight excluding hydrogens is 214 g/mol. The lowest BCUT2D eigenvalue weighted by Crippen LogP contribution is -2.06. The zero-order valence-corrected chi connectivity index (χ0v) is 10.6. The van der Waals surface area contributed by atoms with Gasteiger partial charge in [-0.15, -0.1) is 0 Å². The number of carbonyl (C=O) groups excluding carboxylic acids is 1. The maximum Gasteiger partial charge on any atom is 0.338 e. The van der Waals surface area contributed by atoms with E-state index in [0.29, 0.717) is 17.9 Å². The van der Waals surface area contributed by atoms with Crippen molar-refractivity contribution in [2.24, 2.45) is 0 Å². The van der Waals surface area contributed by atoms with E-state index in [9.17, 15) is 4.79 Å². The number of carbonyl (C=O) groups is 1. The van der Waals surface area contributed by atoms with E-state index in [-0.39, 0.29) is 5.97 Å². The molecule has 0 aliphatic carbocycles. The van der Waals surface area contributed by atoms with E-state index in [1.807, 2.05) is 13.8 Å². The van der Waals surface area contributed by atoms with Crippen LogP contribution in [0.25, 0.3) is 0 Å². The van der Waals surface area contributed by atoms with Crippen molar-refractivity contribution in [1.82, 2.24) is 0 Å². The second kappa shape index (κ2) is 6.09. The van der Waals surface area contributed by atoms with Gasteiger partial charge in [0.15, 0.2) is 0 Å². The zero-order valence-electron chi connectivity index (χ0n) is 10.6. The number of ether oxygens (including phenoxy) is 1. The Bertz CT molecular complexity index is 432. The van der Waals surface area contributed by atoms with Crippen molar-refractivity contribution < 1.29 is 9.53 Å². The fraction of sp³-hybridized carbons (Fsp3) is 0.357. The van der Waals surface area contributed by atoms with Gasteiger partial charge in [0.1, 0.15) is 0 Å². The molecular formula is C14H19NO2. The molecule has 3 heteroatoms. The first-order valence-electron chi connectivity index (χ1n) is 5.73. The van der Waals surface area contributed by atoms with Crippen LogP contribution in [-0.4, -0.2) is 12.6 Å². The third-order valence-corrected chi connectivity index (χ3v) is 2.38. The highest BCUT2D eigenvalue weighted by atomic mass is 16.5. The van der Waals surface area contributed by atoms with Gasteiger partial charge in [-0.1, -0.05) is 11.6 Å². The second-order valence-electron chi connectivity index (χ2n) is 4.12. The van der Waals surface area contributed by atoms with Crippen molar-refractivity contribution in [3.05, 3.63) is 41.0 Å². The van der Waals surface area contributed by atoms with Crippen LogP contribution in [0.2, 0.25) is 0 Å². The lowest BCUT2D eigenvalue weighted by molar-refractivity contribution is 0.0526. The van der Waals surface area contributed by atoms with E-state index in [1.54, 1.807) is 25.1 Å². The Labute approximate surface area is 102 Å². The normalized spacial score (nSPS) is 9.82. The molecule has 1 aromatic rings. The predicted molar refractivity (Wildman–Crippen MR) is 69.9 cm³/mol. The van der Waals surface area contributed by atoms with E-state index in [4.69, 9.17) is 10.5 Å². The second-order valence-corrected chi connectivity index (χ2v) is 4.12. The largest absolute Gasteiger partial charge is 0.462 e. The summed E-state index contributed by atoms with van der Waals surface area (Å²) in [7, 11) is 0. The van der Waals surface area contributed by atoms with Crippen LogP contribution in [-0.2, 0) is 11.2 Å². The van der Waals surface area contributed by atoms with Crippen molar-refractivity contribution in [2.45, 2.75) is 27.2 Å². The third-order valence-electron chi connectivity index (χ3n) is 2.38. The minimum absolute atomic E-state index is 0.300. The van der Waals surface area contributed by atoms with Gasteiger partial charge in [0, 0.05) is 5.69 Å². The van der Waals surface area contributed by atoms with Gasteiger partial charge in [-0.3, -0.25) is 0 Å². The van der Waals surface area contributed by atoms with Crippen LogP contribution in [0.4, 0.5) is 5.69 Å². The maximum absolute atomic E-state index is 11.6. The molecule has 1 aromatic carbocycles. The molecule has 0 atom stereocenters. The molecule has 2 N–H and O–H groups in total. The van der Waals surface area contributed by atoms with Gasteiger partial charge in [-0.2, -0.15) is 0 Å². The summed E-state index contributed by atoms with van der Waals surface area (Å²) in [6, 6.07) is 5.24. The van der Waals surface area contributed by atoms with Gasteiger partial charge in [0.25, 0.3) is 0 Å². The fourth-order valence-electron chi connectivity index (χ4n) is 1.44. The van der Waals surface area contributed by atoms with Crippen molar-refractivity contribution in [3.8, 4) is 0 Å². The number of nitrogens with two attached hydrogens (primary N) is 1. The monoisotopic (exact) mass is 233 g/mol. The molecule has 0 radical (unpaired) electrons. The Morgan fingerprint density at radius 1 is 1.41 bits per heavy atom. The number of benzene rings is 1. The molecule has 0 bridgehead atoms. The number of nitrogen functional groups attached to an aromatic ring is 1. The Balaban J connectivity index is 2.94. The van der Waals surface area contributed by atoms with Gasteiger partial charge >= 0.3 is 5.97 Å². The minimum atomic E-state index is -0.300. The van der Waals surface area contributed by atoms with Crippen LogP contribution < -0.4 is 5.73 Å². The molecule has 0 aromatic heterocycles. The highest BCUT2D eigenvalue weighted by Gasteiger charge is 2.08. The predicted octanol–water partition coefficient (Wildman–Crippen LogP) is 2.95. The smallest absolute Gasteiger partial charge is 0.338 e. The Kier molecular flexibility index (Phi) is 4.76. The SMILES string of the molecule is CCOC(=O)c1ccc(N)c(CC=C(C)C)c1. The molecule has 3 nitrogen and oxygen atoms in total. The number of hydrogen-bond acceptors (Lipinski definition) is 3. The highest BCUT2D eigenvalue weighted by Crippen LogP contribution is 2.16. The van der Waals surface area contributed by atoms with Gasteiger partial charge < -0.3 is 10.5 Å². The van der Waals surface area contributed by atoms with E-state index < -0.39 is 0 Å². The molecule has 0 saturated heterocycles.